The van der Waals surface area contributed by atoms with Crippen molar-refractivity contribution in [2.45, 2.75) is 34.1 Å². The standard InChI is InChI=1S/C14H12.C6H14/c1-3-7-13(8-4-1)11-12-14-9-5-2-6-10-14;1-5-6(2,3)4/h1-12H;5H2,1-4H3/b12-11+;. The largest absolute Gasteiger partial charge is 0.0649 e. The number of benzene rings is 2. The molecule has 2 aromatic carbocycles. The Bertz CT molecular complexity index is 445. The highest BCUT2D eigenvalue weighted by atomic mass is 14.1. The molecule has 0 aliphatic heterocycles. The van der Waals surface area contributed by atoms with Crippen molar-refractivity contribution in [1.29, 1.82) is 0 Å². The van der Waals surface area contributed by atoms with Gasteiger partial charge in [0.25, 0.3) is 0 Å². The molecule has 0 aliphatic rings. The van der Waals surface area contributed by atoms with Crippen molar-refractivity contribution in [3.63, 3.8) is 0 Å². The summed E-state index contributed by atoms with van der Waals surface area (Å²) in [6, 6.07) is 20.6. The molecule has 0 unspecified atom stereocenters. The number of rotatable bonds is 2. The molecular weight excluding hydrogens is 240 g/mol. The molecule has 0 amide bonds. The Balaban J connectivity index is 0.000000286. The molecule has 2 aromatic rings. The van der Waals surface area contributed by atoms with Gasteiger partial charge in [0.15, 0.2) is 0 Å². The summed E-state index contributed by atoms with van der Waals surface area (Å²) in [5.74, 6) is 0. The first-order valence-corrected chi connectivity index (χ1v) is 7.29. The molecule has 0 spiro atoms. The first-order valence-electron chi connectivity index (χ1n) is 7.29. The lowest BCUT2D eigenvalue weighted by Gasteiger charge is -2.12. The maximum Gasteiger partial charge on any atom is -0.0256 e. The molecule has 0 atom stereocenters. The zero-order chi connectivity index (χ0) is 14.8. The van der Waals surface area contributed by atoms with Crippen LogP contribution in [0.5, 0.6) is 0 Å². The van der Waals surface area contributed by atoms with Crippen LogP contribution in [-0.4, -0.2) is 0 Å². The third kappa shape index (κ3) is 7.58. The van der Waals surface area contributed by atoms with Gasteiger partial charge in [-0.3, -0.25) is 0 Å². The summed E-state index contributed by atoms with van der Waals surface area (Å²) in [5, 5.41) is 0. The lowest BCUT2D eigenvalue weighted by molar-refractivity contribution is 0.398. The minimum atomic E-state index is 0.542. The third-order valence-corrected chi connectivity index (χ3v) is 3.13. The molecule has 0 aliphatic carbocycles. The van der Waals surface area contributed by atoms with E-state index in [-0.39, 0.29) is 0 Å². The Labute approximate surface area is 124 Å². The number of hydrogen-bond acceptors (Lipinski definition) is 0. The smallest absolute Gasteiger partial charge is 0.0256 e. The van der Waals surface area contributed by atoms with Gasteiger partial charge in [0.2, 0.25) is 0 Å². The Kier molecular flexibility index (Phi) is 6.79. The van der Waals surface area contributed by atoms with Gasteiger partial charge in [-0.2, -0.15) is 0 Å². The van der Waals surface area contributed by atoms with Gasteiger partial charge in [-0.1, -0.05) is 107 Å². The van der Waals surface area contributed by atoms with Crippen LogP contribution in [0.2, 0.25) is 0 Å². The molecule has 0 fully saturated rings. The number of hydrogen-bond donors (Lipinski definition) is 0. The molecule has 0 saturated carbocycles. The molecule has 0 nitrogen and oxygen atoms in total. The zero-order valence-corrected chi connectivity index (χ0v) is 13.1. The van der Waals surface area contributed by atoms with Gasteiger partial charge < -0.3 is 0 Å². The molecule has 0 heterocycles. The fourth-order valence-corrected chi connectivity index (χ4v) is 1.32. The molecule has 106 valence electrons. The Morgan fingerprint density at radius 2 is 1.00 bits per heavy atom. The topological polar surface area (TPSA) is 0 Å². The fourth-order valence-electron chi connectivity index (χ4n) is 1.32. The zero-order valence-electron chi connectivity index (χ0n) is 13.1. The molecule has 0 aromatic heterocycles. The Morgan fingerprint density at radius 3 is 1.25 bits per heavy atom. The van der Waals surface area contributed by atoms with Crippen molar-refractivity contribution in [1.82, 2.24) is 0 Å². The van der Waals surface area contributed by atoms with E-state index in [4.69, 9.17) is 0 Å². The predicted molar refractivity (Wildman–Crippen MR) is 91.6 cm³/mol. The molecule has 20 heavy (non-hydrogen) atoms. The van der Waals surface area contributed by atoms with Crippen LogP contribution in [0.3, 0.4) is 0 Å². The van der Waals surface area contributed by atoms with Crippen LogP contribution in [0, 0.1) is 5.41 Å². The summed E-state index contributed by atoms with van der Waals surface area (Å²) in [6.07, 6.45) is 5.51. The third-order valence-electron chi connectivity index (χ3n) is 3.13. The highest BCUT2D eigenvalue weighted by Crippen LogP contribution is 2.16. The second-order valence-electron chi connectivity index (χ2n) is 6.07. The van der Waals surface area contributed by atoms with Crippen LogP contribution >= 0.6 is 0 Å². The van der Waals surface area contributed by atoms with Crippen molar-refractivity contribution < 1.29 is 0 Å². The highest BCUT2D eigenvalue weighted by Gasteiger charge is 2.03. The van der Waals surface area contributed by atoms with E-state index < -0.39 is 0 Å². The van der Waals surface area contributed by atoms with Crippen LogP contribution in [0.25, 0.3) is 12.2 Å². The van der Waals surface area contributed by atoms with Crippen LogP contribution in [0.1, 0.15) is 45.2 Å². The summed E-state index contributed by atoms with van der Waals surface area (Å²) < 4.78 is 0. The maximum atomic E-state index is 2.24. The van der Waals surface area contributed by atoms with Gasteiger partial charge in [0.1, 0.15) is 0 Å². The lowest BCUT2D eigenvalue weighted by Crippen LogP contribution is -2.00. The molecule has 0 radical (unpaired) electrons. The summed E-state index contributed by atoms with van der Waals surface area (Å²) in [7, 11) is 0. The van der Waals surface area contributed by atoms with Crippen molar-refractivity contribution in [3.8, 4) is 0 Å². The minimum Gasteiger partial charge on any atom is -0.0649 e. The summed E-state index contributed by atoms with van der Waals surface area (Å²) >= 11 is 0. The van der Waals surface area contributed by atoms with E-state index in [0.717, 1.165) is 0 Å². The van der Waals surface area contributed by atoms with E-state index in [0.29, 0.717) is 5.41 Å². The monoisotopic (exact) mass is 266 g/mol. The van der Waals surface area contributed by atoms with Crippen molar-refractivity contribution >= 4 is 12.2 Å². The highest BCUT2D eigenvalue weighted by molar-refractivity contribution is 5.69. The van der Waals surface area contributed by atoms with Gasteiger partial charge in [0, 0.05) is 0 Å². The van der Waals surface area contributed by atoms with E-state index in [9.17, 15) is 0 Å². The summed E-state index contributed by atoms with van der Waals surface area (Å²) in [4.78, 5) is 0. The molecule has 0 heteroatoms. The van der Waals surface area contributed by atoms with Crippen LogP contribution in [0.4, 0.5) is 0 Å². The van der Waals surface area contributed by atoms with Gasteiger partial charge in [0.05, 0.1) is 0 Å². The van der Waals surface area contributed by atoms with E-state index in [1.165, 1.54) is 17.5 Å². The second kappa shape index (κ2) is 8.37. The van der Waals surface area contributed by atoms with Gasteiger partial charge in [-0.05, 0) is 16.5 Å². The molecule has 0 N–H and O–H groups in total. The predicted octanol–water partition coefficient (Wildman–Crippen LogP) is 6.30. The first kappa shape index (κ1) is 16.2. The average molecular weight is 266 g/mol. The minimum absolute atomic E-state index is 0.542. The summed E-state index contributed by atoms with van der Waals surface area (Å²) in [6.45, 7) is 8.94. The van der Waals surface area contributed by atoms with Crippen LogP contribution in [0.15, 0.2) is 60.7 Å². The average Bonchev–Trinajstić information content (AvgIpc) is 2.47. The Hall–Kier alpha value is -1.82. The first-order chi connectivity index (χ1) is 9.51. The quantitative estimate of drug-likeness (QED) is 0.559. The second-order valence-corrected chi connectivity index (χ2v) is 6.07. The van der Waals surface area contributed by atoms with Crippen LogP contribution < -0.4 is 0 Å². The SMILES string of the molecule is C(=C\c1ccccc1)/c1ccccc1.CCC(C)(C)C. The van der Waals surface area contributed by atoms with Crippen LogP contribution in [-0.2, 0) is 0 Å². The Morgan fingerprint density at radius 1 is 0.700 bits per heavy atom. The van der Waals surface area contributed by atoms with E-state index >= 15 is 0 Å². The maximum absolute atomic E-state index is 2.24. The van der Waals surface area contributed by atoms with E-state index in [1.54, 1.807) is 0 Å². The lowest BCUT2D eigenvalue weighted by atomic mass is 9.94. The van der Waals surface area contributed by atoms with Crippen molar-refractivity contribution in [2.75, 3.05) is 0 Å². The molecule has 0 bridgehead atoms. The van der Waals surface area contributed by atoms with Gasteiger partial charge in [-0.25, -0.2) is 0 Å². The van der Waals surface area contributed by atoms with Crippen molar-refractivity contribution in [2.24, 2.45) is 5.41 Å². The molecule has 0 saturated heterocycles. The van der Waals surface area contributed by atoms with E-state index in [1.807, 2.05) is 36.4 Å². The van der Waals surface area contributed by atoms with E-state index in [2.05, 4.69) is 64.1 Å². The van der Waals surface area contributed by atoms with Crippen molar-refractivity contribution in [3.05, 3.63) is 71.8 Å². The summed E-state index contributed by atoms with van der Waals surface area (Å²) in [5.41, 5.74) is 3.01. The fraction of sp³-hybridized carbons (Fsp3) is 0.300. The van der Waals surface area contributed by atoms with Gasteiger partial charge >= 0.3 is 0 Å². The van der Waals surface area contributed by atoms with Gasteiger partial charge in [-0.15, -0.1) is 0 Å². The molecular formula is C20H26. The normalized spacial score (nSPS) is 11.0. The molecule has 2 rings (SSSR count).